The summed E-state index contributed by atoms with van der Waals surface area (Å²) in [5.41, 5.74) is 0.00227. The zero-order valence-corrected chi connectivity index (χ0v) is 16.7. The highest BCUT2D eigenvalue weighted by molar-refractivity contribution is 9.09. The minimum Gasteiger partial charge on any atom is -0.461 e. The first-order chi connectivity index (χ1) is 12.1. The second-order valence-electron chi connectivity index (χ2n) is 6.19. The van der Waals surface area contributed by atoms with Crippen molar-refractivity contribution in [2.75, 3.05) is 11.9 Å². The number of carbonyl (C=O) groups is 2. The van der Waals surface area contributed by atoms with Gasteiger partial charge in [0, 0.05) is 23.5 Å². The quantitative estimate of drug-likeness (QED) is 0.164. The number of ketones is 1. The van der Waals surface area contributed by atoms with E-state index in [2.05, 4.69) is 15.9 Å². The van der Waals surface area contributed by atoms with Gasteiger partial charge in [0.2, 0.25) is 0 Å². The molecule has 0 N–H and O–H groups in total. The highest BCUT2D eigenvalue weighted by atomic mass is 79.9. The Morgan fingerprint density at radius 2 is 1.60 bits per heavy atom. The van der Waals surface area contributed by atoms with Crippen molar-refractivity contribution in [3.8, 4) is 0 Å². The number of unbranched alkanes of at least 4 members (excludes halogenated alkanes) is 8. The van der Waals surface area contributed by atoms with Gasteiger partial charge >= 0.3 is 5.97 Å². The number of hydrogen-bond donors (Lipinski definition) is 0. The zero-order valence-electron chi connectivity index (χ0n) is 15.1. The van der Waals surface area contributed by atoms with E-state index in [-0.39, 0.29) is 28.4 Å². The minimum atomic E-state index is -0.750. The molecule has 1 rings (SSSR count). The molecule has 1 heterocycles. The van der Waals surface area contributed by atoms with Crippen molar-refractivity contribution in [3.05, 3.63) is 23.5 Å². The Kier molecular flexibility index (Phi) is 11.5. The summed E-state index contributed by atoms with van der Waals surface area (Å²) in [7, 11) is 0. The maximum absolute atomic E-state index is 13.6. The molecule has 142 valence electrons. The molecule has 0 bridgehead atoms. The largest absolute Gasteiger partial charge is 0.461 e. The minimum absolute atomic E-state index is 0.128. The molecule has 0 aliphatic carbocycles. The van der Waals surface area contributed by atoms with E-state index < -0.39 is 5.97 Å². The fraction of sp³-hybridized carbons (Fsp3) is 0.684. The van der Waals surface area contributed by atoms with Crippen LogP contribution in [0.1, 0.15) is 92.0 Å². The third kappa shape index (κ3) is 8.66. The molecule has 0 atom stereocenters. The molecule has 1 aromatic heterocycles. The molecule has 0 spiro atoms. The Morgan fingerprint density at radius 3 is 2.16 bits per heavy atom. The molecule has 0 unspecified atom stereocenters. The van der Waals surface area contributed by atoms with E-state index in [0.717, 1.165) is 30.8 Å². The first kappa shape index (κ1) is 21.9. The second-order valence-corrected chi connectivity index (χ2v) is 6.98. The van der Waals surface area contributed by atoms with E-state index in [1.807, 2.05) is 0 Å². The fourth-order valence-corrected chi connectivity index (χ4v) is 3.10. The number of hydrogen-bond acceptors (Lipinski definition) is 3. The van der Waals surface area contributed by atoms with Gasteiger partial charge in [0.25, 0.3) is 0 Å². The topological polar surface area (TPSA) is 48.3 Å². The molecule has 25 heavy (non-hydrogen) atoms. The van der Waals surface area contributed by atoms with Crippen LogP contribution in [0.2, 0.25) is 0 Å². The summed E-state index contributed by atoms with van der Waals surface area (Å²) in [4.78, 5) is 23.8. The first-order valence-electron chi connectivity index (χ1n) is 9.25. The maximum atomic E-state index is 13.6. The van der Waals surface area contributed by atoms with Crippen LogP contribution in [0.3, 0.4) is 0 Å². The summed E-state index contributed by atoms with van der Waals surface area (Å²) in [6, 6.07) is 1.27. The van der Waals surface area contributed by atoms with Crippen LogP contribution < -0.4 is 0 Å². The van der Waals surface area contributed by atoms with Crippen LogP contribution in [-0.4, -0.2) is 28.5 Å². The molecular formula is C19H29BrFNO3. The van der Waals surface area contributed by atoms with E-state index in [4.69, 9.17) is 4.74 Å². The van der Waals surface area contributed by atoms with Crippen LogP contribution in [0, 0.1) is 0 Å². The summed E-state index contributed by atoms with van der Waals surface area (Å²) in [6.45, 7) is 1.82. The lowest BCUT2D eigenvalue weighted by molar-refractivity contribution is 0.0501. The van der Waals surface area contributed by atoms with Gasteiger partial charge in [0.1, 0.15) is 0 Å². The van der Waals surface area contributed by atoms with Crippen LogP contribution in [0.25, 0.3) is 0 Å². The van der Waals surface area contributed by atoms with Crippen molar-refractivity contribution in [2.45, 2.75) is 71.1 Å². The Labute approximate surface area is 158 Å². The summed E-state index contributed by atoms with van der Waals surface area (Å²) in [5.74, 6) is -0.878. The SMILES string of the molecule is CCOC(=O)c1cc(C(=O)CCCCCCCCCCCBr)cn1F. The average Bonchev–Trinajstić information content (AvgIpc) is 2.98. The maximum Gasteiger partial charge on any atom is 0.357 e. The molecule has 6 heteroatoms. The number of rotatable bonds is 14. The molecule has 1 aromatic rings. The van der Waals surface area contributed by atoms with Crippen LogP contribution in [0.5, 0.6) is 0 Å². The lowest BCUT2D eigenvalue weighted by Crippen LogP contribution is -2.07. The molecule has 0 aliphatic rings. The molecule has 0 saturated heterocycles. The lowest BCUT2D eigenvalue weighted by Gasteiger charge is -2.02. The Balaban J connectivity index is 2.18. The Bertz CT molecular complexity index is 531. The number of Topliss-reactive ketones (excluding diaryl/α,β-unsaturated/α-hetero) is 1. The molecule has 0 saturated carbocycles. The molecule has 0 fully saturated rings. The van der Waals surface area contributed by atoms with Crippen LogP contribution in [0.15, 0.2) is 12.3 Å². The van der Waals surface area contributed by atoms with Crippen LogP contribution >= 0.6 is 15.9 Å². The third-order valence-electron chi connectivity index (χ3n) is 4.12. The van der Waals surface area contributed by atoms with Gasteiger partial charge in [-0.1, -0.05) is 65.4 Å². The molecular weight excluding hydrogens is 389 g/mol. The van der Waals surface area contributed by atoms with Gasteiger partial charge in [0.05, 0.1) is 6.61 Å². The van der Waals surface area contributed by atoms with Gasteiger partial charge in [-0.2, -0.15) is 4.79 Å². The van der Waals surface area contributed by atoms with E-state index >= 15 is 0 Å². The van der Waals surface area contributed by atoms with E-state index in [1.54, 1.807) is 6.92 Å². The standard InChI is InChI=1S/C19H29BrFNO3/c1-2-25-19(24)17-14-16(15-22(17)21)18(23)12-10-8-6-4-3-5-7-9-11-13-20/h14-15H,2-13H2,1H3. The molecule has 0 radical (unpaired) electrons. The van der Waals surface area contributed by atoms with Crippen LogP contribution in [-0.2, 0) is 4.74 Å². The van der Waals surface area contributed by atoms with E-state index in [1.165, 1.54) is 44.6 Å². The zero-order chi connectivity index (χ0) is 18.5. The van der Waals surface area contributed by atoms with Crippen molar-refractivity contribution < 1.29 is 18.8 Å². The number of halogens is 2. The molecule has 0 aromatic carbocycles. The van der Waals surface area contributed by atoms with Crippen molar-refractivity contribution >= 4 is 27.7 Å². The lowest BCUT2D eigenvalue weighted by atomic mass is 10.0. The van der Waals surface area contributed by atoms with Crippen LogP contribution in [0.4, 0.5) is 4.48 Å². The Hall–Kier alpha value is -1.17. The summed E-state index contributed by atoms with van der Waals surface area (Å²) in [5, 5.41) is 1.09. The van der Waals surface area contributed by atoms with Gasteiger partial charge in [0.15, 0.2) is 11.5 Å². The average molecular weight is 418 g/mol. The normalized spacial score (nSPS) is 10.8. The van der Waals surface area contributed by atoms with Gasteiger partial charge in [-0.3, -0.25) is 4.79 Å². The molecule has 0 aliphatic heterocycles. The molecule has 4 nitrogen and oxygen atoms in total. The van der Waals surface area contributed by atoms with Crippen molar-refractivity contribution in [3.63, 3.8) is 0 Å². The van der Waals surface area contributed by atoms with Gasteiger partial charge < -0.3 is 4.74 Å². The number of ether oxygens (including phenoxy) is 1. The molecule has 0 amide bonds. The smallest absolute Gasteiger partial charge is 0.357 e. The number of aromatic nitrogens is 1. The number of esters is 1. The van der Waals surface area contributed by atoms with Gasteiger partial charge in [-0.15, -0.1) is 0 Å². The van der Waals surface area contributed by atoms with E-state index in [9.17, 15) is 14.1 Å². The second kappa shape index (κ2) is 13.1. The number of carbonyl (C=O) groups excluding carboxylic acids is 2. The van der Waals surface area contributed by atoms with E-state index in [0.29, 0.717) is 6.42 Å². The summed E-state index contributed by atoms with van der Waals surface area (Å²) in [6.07, 6.45) is 12.0. The predicted molar refractivity (Wildman–Crippen MR) is 101 cm³/mol. The number of nitrogens with zero attached hydrogens (tertiary/aromatic N) is 1. The monoisotopic (exact) mass is 417 g/mol. The van der Waals surface area contributed by atoms with Crippen molar-refractivity contribution in [1.29, 1.82) is 0 Å². The fourth-order valence-electron chi connectivity index (χ4n) is 2.70. The first-order valence-corrected chi connectivity index (χ1v) is 10.4. The number of alkyl halides is 1. The van der Waals surface area contributed by atoms with Gasteiger partial charge in [-0.25, -0.2) is 4.79 Å². The summed E-state index contributed by atoms with van der Waals surface area (Å²) < 4.78 is 18.4. The van der Waals surface area contributed by atoms with Crippen molar-refractivity contribution in [2.24, 2.45) is 0 Å². The predicted octanol–water partition coefficient (Wildman–Crippen LogP) is 5.88. The van der Waals surface area contributed by atoms with Crippen molar-refractivity contribution in [1.82, 2.24) is 4.79 Å². The highest BCUT2D eigenvalue weighted by Crippen LogP contribution is 2.16. The summed E-state index contributed by atoms with van der Waals surface area (Å²) >= 11 is 3.44. The van der Waals surface area contributed by atoms with Gasteiger partial charge in [-0.05, 0) is 25.8 Å². The highest BCUT2D eigenvalue weighted by Gasteiger charge is 2.18. The Morgan fingerprint density at radius 1 is 1.04 bits per heavy atom. The third-order valence-corrected chi connectivity index (χ3v) is 4.68.